The van der Waals surface area contributed by atoms with E-state index in [-0.39, 0.29) is 16.6 Å². The molecule has 1 saturated heterocycles. The predicted molar refractivity (Wildman–Crippen MR) is 150 cm³/mol. The first-order valence-electron chi connectivity index (χ1n) is 12.1. The van der Waals surface area contributed by atoms with Crippen LogP contribution in [0, 0.1) is 6.92 Å². The van der Waals surface area contributed by atoms with Crippen LogP contribution in [0.5, 0.6) is 0 Å². The Balaban J connectivity index is 1.44. The van der Waals surface area contributed by atoms with Crippen LogP contribution in [0.3, 0.4) is 0 Å². The second-order valence-electron chi connectivity index (χ2n) is 8.87. The lowest BCUT2D eigenvalue weighted by molar-refractivity contribution is -0.113. The van der Waals surface area contributed by atoms with Gasteiger partial charge in [-0.1, -0.05) is 59.8 Å². The summed E-state index contributed by atoms with van der Waals surface area (Å²) < 4.78 is 29.7. The predicted octanol–water partition coefficient (Wildman–Crippen LogP) is 5.41. The summed E-state index contributed by atoms with van der Waals surface area (Å²) in [6.45, 7) is 2.91. The number of amides is 1. The summed E-state index contributed by atoms with van der Waals surface area (Å²) in [5, 5.41) is 12.8. The van der Waals surface area contributed by atoms with E-state index in [9.17, 15) is 13.2 Å². The van der Waals surface area contributed by atoms with Crippen LogP contribution in [0.4, 0.5) is 5.69 Å². The van der Waals surface area contributed by atoms with Crippen molar-refractivity contribution in [2.24, 2.45) is 0 Å². The maximum Gasteiger partial charge on any atom is 0.243 e. The van der Waals surface area contributed by atoms with Gasteiger partial charge in [-0.05, 0) is 61.7 Å². The number of rotatable bonds is 8. The maximum absolute atomic E-state index is 13.2. The Morgan fingerprint density at radius 2 is 1.74 bits per heavy atom. The molecule has 1 aliphatic heterocycles. The molecule has 1 aliphatic rings. The molecule has 4 aromatic rings. The molecular formula is C27H26ClN5O3S2. The number of hydrogen-bond donors (Lipinski definition) is 1. The first-order valence-corrected chi connectivity index (χ1v) is 14.9. The van der Waals surface area contributed by atoms with E-state index in [2.05, 4.69) is 15.5 Å². The summed E-state index contributed by atoms with van der Waals surface area (Å²) in [7, 11) is -3.59. The van der Waals surface area contributed by atoms with Crippen molar-refractivity contribution in [2.75, 3.05) is 24.2 Å². The van der Waals surface area contributed by atoms with E-state index < -0.39 is 10.0 Å². The number of carbonyl (C=O) groups excluding carboxylic acids is 1. The zero-order chi connectivity index (χ0) is 26.7. The van der Waals surface area contributed by atoms with Crippen molar-refractivity contribution in [1.29, 1.82) is 0 Å². The summed E-state index contributed by atoms with van der Waals surface area (Å²) in [4.78, 5) is 13.0. The summed E-state index contributed by atoms with van der Waals surface area (Å²) in [6, 6.07) is 21.7. The lowest BCUT2D eigenvalue weighted by atomic mass is 10.2. The molecular weight excluding hydrogens is 542 g/mol. The lowest BCUT2D eigenvalue weighted by Gasteiger charge is -2.16. The van der Waals surface area contributed by atoms with Crippen molar-refractivity contribution in [3.63, 3.8) is 0 Å². The molecule has 1 amide bonds. The van der Waals surface area contributed by atoms with E-state index in [0.29, 0.717) is 40.3 Å². The molecule has 0 aliphatic carbocycles. The van der Waals surface area contributed by atoms with Crippen molar-refractivity contribution in [3.8, 4) is 17.1 Å². The number of thioether (sulfide) groups is 1. The van der Waals surface area contributed by atoms with Gasteiger partial charge in [-0.3, -0.25) is 9.36 Å². The topological polar surface area (TPSA) is 97.2 Å². The molecule has 0 radical (unpaired) electrons. The number of carbonyl (C=O) groups is 1. The van der Waals surface area contributed by atoms with Gasteiger partial charge in [0.1, 0.15) is 0 Å². The fourth-order valence-electron chi connectivity index (χ4n) is 4.29. The molecule has 196 valence electrons. The number of sulfonamides is 1. The minimum atomic E-state index is -3.59. The van der Waals surface area contributed by atoms with E-state index in [4.69, 9.17) is 11.6 Å². The van der Waals surface area contributed by atoms with Gasteiger partial charge in [-0.2, -0.15) is 4.31 Å². The number of hydrogen-bond acceptors (Lipinski definition) is 6. The number of benzene rings is 3. The van der Waals surface area contributed by atoms with Crippen molar-refractivity contribution in [1.82, 2.24) is 19.1 Å². The van der Waals surface area contributed by atoms with Crippen molar-refractivity contribution >= 4 is 45.0 Å². The third-order valence-corrected chi connectivity index (χ3v) is 9.55. The van der Waals surface area contributed by atoms with Crippen LogP contribution < -0.4 is 5.32 Å². The largest absolute Gasteiger partial charge is 0.325 e. The van der Waals surface area contributed by atoms with Crippen LogP contribution >= 0.6 is 23.4 Å². The number of nitrogens with zero attached hydrogens (tertiary/aromatic N) is 4. The van der Waals surface area contributed by atoms with E-state index in [1.54, 1.807) is 36.4 Å². The number of nitrogens with one attached hydrogen (secondary N) is 1. The average molecular weight is 568 g/mol. The molecule has 5 rings (SSSR count). The molecule has 2 heterocycles. The van der Waals surface area contributed by atoms with Gasteiger partial charge in [0.15, 0.2) is 11.0 Å². The van der Waals surface area contributed by atoms with Crippen LogP contribution in [-0.4, -0.2) is 52.2 Å². The number of aromatic nitrogens is 3. The summed E-state index contributed by atoms with van der Waals surface area (Å²) >= 11 is 7.42. The zero-order valence-electron chi connectivity index (χ0n) is 20.7. The molecule has 0 unspecified atom stereocenters. The average Bonchev–Trinajstić information content (AvgIpc) is 3.62. The lowest BCUT2D eigenvalue weighted by Crippen LogP contribution is -2.27. The Kier molecular flexibility index (Phi) is 7.85. The third-order valence-electron chi connectivity index (χ3n) is 6.32. The Hall–Kier alpha value is -3.18. The van der Waals surface area contributed by atoms with Crippen molar-refractivity contribution in [3.05, 3.63) is 83.4 Å². The monoisotopic (exact) mass is 567 g/mol. The van der Waals surface area contributed by atoms with Crippen LogP contribution in [-0.2, 0) is 14.8 Å². The molecule has 1 fully saturated rings. The van der Waals surface area contributed by atoms with Gasteiger partial charge in [0, 0.05) is 35.1 Å². The highest BCUT2D eigenvalue weighted by molar-refractivity contribution is 7.99. The smallest absolute Gasteiger partial charge is 0.243 e. The normalized spacial score (nSPS) is 14.1. The second-order valence-corrected chi connectivity index (χ2v) is 12.2. The van der Waals surface area contributed by atoms with Crippen molar-refractivity contribution < 1.29 is 13.2 Å². The van der Waals surface area contributed by atoms with Gasteiger partial charge >= 0.3 is 0 Å². The molecule has 0 bridgehead atoms. The fourth-order valence-corrected chi connectivity index (χ4v) is 6.78. The van der Waals surface area contributed by atoms with Gasteiger partial charge < -0.3 is 5.32 Å². The van der Waals surface area contributed by atoms with E-state index in [1.807, 2.05) is 47.9 Å². The van der Waals surface area contributed by atoms with Crippen LogP contribution in [0.25, 0.3) is 17.1 Å². The van der Waals surface area contributed by atoms with E-state index in [0.717, 1.165) is 24.1 Å². The second kappa shape index (κ2) is 11.3. The SMILES string of the molecule is Cc1c(Cl)cccc1NC(=O)CSc1nnc(-c2cccc(S(=O)(=O)N3CCCC3)c2)n1-c1ccccc1. The zero-order valence-corrected chi connectivity index (χ0v) is 23.1. The Labute approximate surface area is 231 Å². The Morgan fingerprint density at radius 3 is 2.50 bits per heavy atom. The molecule has 8 nitrogen and oxygen atoms in total. The number of para-hydroxylation sites is 1. The molecule has 38 heavy (non-hydrogen) atoms. The van der Waals surface area contributed by atoms with E-state index >= 15 is 0 Å². The highest BCUT2D eigenvalue weighted by atomic mass is 35.5. The maximum atomic E-state index is 13.2. The summed E-state index contributed by atoms with van der Waals surface area (Å²) in [6.07, 6.45) is 1.73. The molecule has 0 atom stereocenters. The number of anilines is 1. The molecule has 3 aromatic carbocycles. The highest BCUT2D eigenvalue weighted by Crippen LogP contribution is 2.31. The Morgan fingerprint density at radius 1 is 1.00 bits per heavy atom. The van der Waals surface area contributed by atoms with Gasteiger partial charge in [-0.15, -0.1) is 10.2 Å². The Bertz CT molecular complexity index is 1570. The van der Waals surface area contributed by atoms with Gasteiger partial charge in [-0.25, -0.2) is 8.42 Å². The summed E-state index contributed by atoms with van der Waals surface area (Å²) in [5.74, 6) is 0.381. The van der Waals surface area contributed by atoms with Crippen LogP contribution in [0.2, 0.25) is 5.02 Å². The molecule has 1 N–H and O–H groups in total. The summed E-state index contributed by atoms with van der Waals surface area (Å²) in [5.41, 5.74) is 2.87. The quantitative estimate of drug-likeness (QED) is 0.286. The standard InChI is InChI=1S/C27H26ClN5O3S2/c1-19-23(28)13-8-14-24(19)29-25(34)18-37-27-31-30-26(33(27)21-10-3-2-4-11-21)20-9-7-12-22(17-20)38(35,36)32-15-5-6-16-32/h2-4,7-14,17H,5-6,15-16,18H2,1H3,(H,29,34). The number of halogens is 1. The van der Waals surface area contributed by atoms with Crippen LogP contribution in [0.15, 0.2) is 82.8 Å². The van der Waals surface area contributed by atoms with Crippen LogP contribution in [0.1, 0.15) is 18.4 Å². The first kappa shape index (κ1) is 26.4. The van der Waals surface area contributed by atoms with Gasteiger partial charge in [0.2, 0.25) is 15.9 Å². The highest BCUT2D eigenvalue weighted by Gasteiger charge is 2.28. The minimum absolute atomic E-state index is 0.0975. The molecule has 11 heteroatoms. The van der Waals surface area contributed by atoms with Crippen molar-refractivity contribution in [2.45, 2.75) is 29.8 Å². The third kappa shape index (κ3) is 5.49. The molecule has 0 saturated carbocycles. The minimum Gasteiger partial charge on any atom is -0.325 e. The first-order chi connectivity index (χ1) is 18.3. The fraction of sp³-hybridized carbons (Fsp3) is 0.222. The molecule has 0 spiro atoms. The van der Waals surface area contributed by atoms with Gasteiger partial charge in [0.05, 0.1) is 10.6 Å². The van der Waals surface area contributed by atoms with Gasteiger partial charge in [0.25, 0.3) is 0 Å². The molecule has 1 aromatic heterocycles. The van der Waals surface area contributed by atoms with E-state index in [1.165, 1.54) is 16.1 Å².